The Morgan fingerprint density at radius 1 is 1.20 bits per heavy atom. The molecule has 7 heteroatoms. The van der Waals surface area contributed by atoms with Crippen LogP contribution >= 0.6 is 0 Å². The van der Waals surface area contributed by atoms with Crippen LogP contribution < -0.4 is 5.32 Å². The molecule has 0 aliphatic rings. The number of ether oxygens (including phenoxy) is 1. The summed E-state index contributed by atoms with van der Waals surface area (Å²) < 4.78 is 18.1. The minimum Gasteiger partial charge on any atom is -0.448 e. The number of aliphatic hydroxyl groups is 1. The van der Waals surface area contributed by atoms with Crippen molar-refractivity contribution in [1.29, 1.82) is 0 Å². The lowest BCUT2D eigenvalue weighted by atomic mass is 10.1. The lowest BCUT2D eigenvalue weighted by Gasteiger charge is -2.13. The number of anilines is 1. The van der Waals surface area contributed by atoms with E-state index in [0.29, 0.717) is 22.5 Å². The van der Waals surface area contributed by atoms with Gasteiger partial charge in [-0.05, 0) is 57.5 Å². The van der Waals surface area contributed by atoms with Crippen LogP contribution in [0.5, 0.6) is 0 Å². The Kier molecular flexibility index (Phi) is 5.58. The largest absolute Gasteiger partial charge is 0.448 e. The van der Waals surface area contributed by atoms with E-state index in [4.69, 9.17) is 4.74 Å². The standard InChI is InChI=1S/C18H21FN2O4/c1-9-15(11(3)22)10(2)20-16(9)18(24)25-12(4)17(23)21-14-7-5-13(19)6-8-14/h5-8,11-12,20,22H,1-4H3,(H,21,23)/t11-,12+/m1/s1. The number of halogens is 1. The van der Waals surface area contributed by atoms with E-state index in [1.165, 1.54) is 31.2 Å². The molecule has 2 atom stereocenters. The number of rotatable bonds is 5. The van der Waals surface area contributed by atoms with Gasteiger partial charge in [-0.15, -0.1) is 0 Å². The van der Waals surface area contributed by atoms with Gasteiger partial charge in [0.25, 0.3) is 5.91 Å². The number of aromatic nitrogens is 1. The fourth-order valence-electron chi connectivity index (χ4n) is 2.65. The van der Waals surface area contributed by atoms with Crippen LogP contribution in [0.4, 0.5) is 10.1 Å². The third-order valence-corrected chi connectivity index (χ3v) is 3.88. The van der Waals surface area contributed by atoms with Crippen molar-refractivity contribution < 1.29 is 23.8 Å². The van der Waals surface area contributed by atoms with Crippen molar-refractivity contribution in [2.75, 3.05) is 5.32 Å². The Bertz CT molecular complexity index is 781. The van der Waals surface area contributed by atoms with Gasteiger partial charge in [0.1, 0.15) is 11.5 Å². The molecule has 0 saturated carbocycles. The molecule has 0 aliphatic carbocycles. The smallest absolute Gasteiger partial charge is 0.355 e. The number of hydrogen-bond acceptors (Lipinski definition) is 4. The third-order valence-electron chi connectivity index (χ3n) is 3.88. The number of aryl methyl sites for hydroxylation is 1. The third kappa shape index (κ3) is 4.24. The van der Waals surface area contributed by atoms with Crippen molar-refractivity contribution in [1.82, 2.24) is 4.98 Å². The van der Waals surface area contributed by atoms with Gasteiger partial charge >= 0.3 is 5.97 Å². The van der Waals surface area contributed by atoms with Gasteiger partial charge in [0, 0.05) is 16.9 Å². The van der Waals surface area contributed by atoms with E-state index in [9.17, 15) is 19.1 Å². The normalized spacial score (nSPS) is 13.2. The molecule has 0 saturated heterocycles. The lowest BCUT2D eigenvalue weighted by Crippen LogP contribution is -2.30. The van der Waals surface area contributed by atoms with Crippen LogP contribution in [0.25, 0.3) is 0 Å². The number of aromatic amines is 1. The first-order chi connectivity index (χ1) is 11.7. The van der Waals surface area contributed by atoms with E-state index in [1.54, 1.807) is 20.8 Å². The first-order valence-corrected chi connectivity index (χ1v) is 7.85. The SMILES string of the molecule is Cc1[nH]c(C(=O)O[C@@H](C)C(=O)Nc2ccc(F)cc2)c(C)c1[C@@H](C)O. The summed E-state index contributed by atoms with van der Waals surface area (Å²) in [5, 5.41) is 12.3. The number of carbonyl (C=O) groups excluding carboxylic acids is 2. The highest BCUT2D eigenvalue weighted by Crippen LogP contribution is 2.25. The van der Waals surface area contributed by atoms with Crippen LogP contribution in [-0.4, -0.2) is 28.1 Å². The topological polar surface area (TPSA) is 91.4 Å². The number of carbonyl (C=O) groups is 2. The van der Waals surface area contributed by atoms with Gasteiger partial charge in [0.05, 0.1) is 6.10 Å². The second-order valence-corrected chi connectivity index (χ2v) is 5.88. The van der Waals surface area contributed by atoms with E-state index < -0.39 is 29.9 Å². The van der Waals surface area contributed by atoms with Crippen molar-refractivity contribution in [3.63, 3.8) is 0 Å². The summed E-state index contributed by atoms with van der Waals surface area (Å²) in [5.41, 5.74) is 2.49. The Balaban J connectivity index is 2.06. The highest BCUT2D eigenvalue weighted by molar-refractivity contribution is 5.97. The first kappa shape index (κ1) is 18.7. The molecule has 1 aromatic carbocycles. The molecular weight excluding hydrogens is 327 g/mol. The summed E-state index contributed by atoms with van der Waals surface area (Å²) in [6.45, 7) is 6.50. The van der Waals surface area contributed by atoms with E-state index in [2.05, 4.69) is 10.3 Å². The first-order valence-electron chi connectivity index (χ1n) is 7.85. The number of amides is 1. The zero-order valence-electron chi connectivity index (χ0n) is 14.5. The summed E-state index contributed by atoms with van der Waals surface area (Å²) >= 11 is 0. The molecule has 1 amide bonds. The fraction of sp³-hybridized carbons (Fsp3) is 0.333. The molecular formula is C18H21FN2O4. The predicted molar refractivity (Wildman–Crippen MR) is 90.8 cm³/mol. The molecule has 0 unspecified atom stereocenters. The van der Waals surface area contributed by atoms with Gasteiger partial charge in [-0.1, -0.05) is 0 Å². The van der Waals surface area contributed by atoms with Crippen LogP contribution in [0, 0.1) is 19.7 Å². The number of aliphatic hydroxyl groups excluding tert-OH is 1. The Labute approximate surface area is 145 Å². The quantitative estimate of drug-likeness (QED) is 0.725. The number of benzene rings is 1. The van der Waals surface area contributed by atoms with Gasteiger partial charge in [-0.25, -0.2) is 9.18 Å². The van der Waals surface area contributed by atoms with Crippen LogP contribution in [0.15, 0.2) is 24.3 Å². The Morgan fingerprint density at radius 3 is 2.32 bits per heavy atom. The monoisotopic (exact) mass is 348 g/mol. The predicted octanol–water partition coefficient (Wildman–Crippen LogP) is 3.01. The summed E-state index contributed by atoms with van der Waals surface area (Å²) in [7, 11) is 0. The minimum absolute atomic E-state index is 0.204. The molecule has 0 radical (unpaired) electrons. The van der Waals surface area contributed by atoms with Crippen LogP contribution in [-0.2, 0) is 9.53 Å². The molecule has 1 aromatic heterocycles. The number of esters is 1. The second-order valence-electron chi connectivity index (χ2n) is 5.88. The molecule has 2 aromatic rings. The molecule has 6 nitrogen and oxygen atoms in total. The zero-order chi connectivity index (χ0) is 18.7. The van der Waals surface area contributed by atoms with Crippen LogP contribution in [0.1, 0.15) is 47.3 Å². The van der Waals surface area contributed by atoms with Gasteiger partial charge in [0.2, 0.25) is 0 Å². The van der Waals surface area contributed by atoms with E-state index in [0.717, 1.165) is 0 Å². The molecule has 0 spiro atoms. The summed E-state index contributed by atoms with van der Waals surface area (Å²) in [4.78, 5) is 27.3. The van der Waals surface area contributed by atoms with Gasteiger partial charge in [0.15, 0.2) is 6.10 Å². The number of nitrogens with one attached hydrogen (secondary N) is 2. The maximum Gasteiger partial charge on any atom is 0.355 e. The number of hydrogen-bond donors (Lipinski definition) is 3. The van der Waals surface area contributed by atoms with Crippen molar-refractivity contribution in [3.05, 3.63) is 52.6 Å². The van der Waals surface area contributed by atoms with E-state index in [-0.39, 0.29) is 5.69 Å². The molecule has 1 heterocycles. The van der Waals surface area contributed by atoms with Crippen LogP contribution in [0.3, 0.4) is 0 Å². The molecule has 0 fully saturated rings. The zero-order valence-corrected chi connectivity index (χ0v) is 14.5. The lowest BCUT2D eigenvalue weighted by molar-refractivity contribution is -0.123. The Morgan fingerprint density at radius 2 is 1.80 bits per heavy atom. The summed E-state index contributed by atoms with van der Waals surface area (Å²) in [6, 6.07) is 5.26. The maximum atomic E-state index is 12.9. The highest BCUT2D eigenvalue weighted by atomic mass is 19.1. The van der Waals surface area contributed by atoms with Gasteiger partial charge in [-0.3, -0.25) is 4.79 Å². The van der Waals surface area contributed by atoms with Crippen molar-refractivity contribution in [2.24, 2.45) is 0 Å². The summed E-state index contributed by atoms with van der Waals surface area (Å²) in [6.07, 6.45) is -1.77. The van der Waals surface area contributed by atoms with Crippen molar-refractivity contribution >= 4 is 17.6 Å². The molecule has 0 aliphatic heterocycles. The Hall–Kier alpha value is -2.67. The van der Waals surface area contributed by atoms with Gasteiger partial charge in [-0.2, -0.15) is 0 Å². The molecule has 134 valence electrons. The molecule has 25 heavy (non-hydrogen) atoms. The second kappa shape index (κ2) is 7.48. The molecule has 3 N–H and O–H groups in total. The van der Waals surface area contributed by atoms with E-state index in [1.807, 2.05) is 0 Å². The number of H-pyrrole nitrogens is 1. The molecule has 2 rings (SSSR count). The van der Waals surface area contributed by atoms with E-state index >= 15 is 0 Å². The summed E-state index contributed by atoms with van der Waals surface area (Å²) in [5.74, 6) is -1.63. The van der Waals surface area contributed by atoms with Crippen molar-refractivity contribution in [3.8, 4) is 0 Å². The maximum absolute atomic E-state index is 12.9. The minimum atomic E-state index is -1.05. The van der Waals surface area contributed by atoms with Crippen LogP contribution in [0.2, 0.25) is 0 Å². The average molecular weight is 348 g/mol. The fourth-order valence-corrected chi connectivity index (χ4v) is 2.65. The van der Waals surface area contributed by atoms with Gasteiger partial charge < -0.3 is 20.1 Å². The molecule has 0 bridgehead atoms. The van der Waals surface area contributed by atoms with Crippen molar-refractivity contribution in [2.45, 2.75) is 39.9 Å². The average Bonchev–Trinajstić information content (AvgIpc) is 2.84. The highest BCUT2D eigenvalue weighted by Gasteiger charge is 2.24.